The second-order valence-corrected chi connectivity index (χ2v) is 5.20. The second kappa shape index (κ2) is 5.97. The van der Waals surface area contributed by atoms with Crippen LogP contribution in [0.4, 0.5) is 18.6 Å². The summed E-state index contributed by atoms with van der Waals surface area (Å²) >= 11 is 0. The summed E-state index contributed by atoms with van der Waals surface area (Å²) in [5.41, 5.74) is 0.00588. The van der Waals surface area contributed by atoms with E-state index in [9.17, 15) is 17.7 Å². The van der Waals surface area contributed by atoms with Crippen molar-refractivity contribution >= 4 is 24.1 Å². The van der Waals surface area contributed by atoms with Gasteiger partial charge in [0.15, 0.2) is 0 Å². The lowest BCUT2D eigenvalue weighted by Gasteiger charge is -2.32. The quantitative estimate of drug-likeness (QED) is 0.817. The molecule has 116 valence electrons. The Morgan fingerprint density at radius 3 is 2.48 bits per heavy atom. The molecular weight excluding hydrogens is 284 g/mol. The molecule has 0 spiro atoms. The van der Waals surface area contributed by atoms with Crippen molar-refractivity contribution in [3.63, 3.8) is 0 Å². The number of benzene rings is 1. The van der Waals surface area contributed by atoms with Gasteiger partial charge in [-0.1, -0.05) is 11.6 Å². The number of hydrogen-bond donors (Lipinski definition) is 2. The monoisotopic (exact) mass is 301 g/mol. The van der Waals surface area contributed by atoms with E-state index in [1.807, 2.05) is 4.90 Å². The first kappa shape index (κ1) is 15.7. The van der Waals surface area contributed by atoms with Crippen LogP contribution in [-0.4, -0.2) is 44.2 Å². The smallest absolute Gasteiger partial charge is 0.481 e. The van der Waals surface area contributed by atoms with E-state index < -0.39 is 24.8 Å². The van der Waals surface area contributed by atoms with Crippen LogP contribution in [-0.2, 0) is 11.2 Å². The standard InChI is InChI=1S/C13H17BF3N2O2/c1-9-10(7-13(20)21)6-11(8-12(9)14(15,16)17)19-4-2-18-3-5-19/h6,8,18H,2-5,7H2,1H3,(H,20,21)/q-1. The Labute approximate surface area is 121 Å². The van der Waals surface area contributed by atoms with Gasteiger partial charge in [0.05, 0.1) is 6.42 Å². The highest BCUT2D eigenvalue weighted by Gasteiger charge is 2.29. The van der Waals surface area contributed by atoms with E-state index in [2.05, 4.69) is 5.32 Å². The van der Waals surface area contributed by atoms with Crippen molar-refractivity contribution < 1.29 is 22.8 Å². The van der Waals surface area contributed by atoms with Crippen molar-refractivity contribution in [1.29, 1.82) is 0 Å². The van der Waals surface area contributed by atoms with Gasteiger partial charge in [-0.25, -0.2) is 0 Å². The molecule has 0 bridgehead atoms. The summed E-state index contributed by atoms with van der Waals surface area (Å²) < 4.78 is 39.6. The number of halogens is 3. The topological polar surface area (TPSA) is 52.6 Å². The maximum Gasteiger partial charge on any atom is 0.509 e. The van der Waals surface area contributed by atoms with Crippen molar-refractivity contribution in [1.82, 2.24) is 5.32 Å². The van der Waals surface area contributed by atoms with E-state index in [-0.39, 0.29) is 11.1 Å². The molecule has 0 amide bonds. The first-order valence-electron chi connectivity index (χ1n) is 6.80. The first-order chi connectivity index (χ1) is 9.79. The van der Waals surface area contributed by atoms with Gasteiger partial charge in [0.25, 0.3) is 0 Å². The van der Waals surface area contributed by atoms with Crippen LogP contribution in [0.3, 0.4) is 0 Å². The molecule has 2 rings (SSSR count). The number of nitrogens with one attached hydrogen (secondary N) is 1. The third-order valence-corrected chi connectivity index (χ3v) is 3.72. The van der Waals surface area contributed by atoms with E-state index >= 15 is 0 Å². The maximum absolute atomic E-state index is 13.2. The molecule has 1 aliphatic rings. The molecule has 0 unspecified atom stereocenters. The van der Waals surface area contributed by atoms with Crippen LogP contribution >= 0.6 is 0 Å². The third kappa shape index (κ3) is 3.69. The van der Waals surface area contributed by atoms with Gasteiger partial charge >= 0.3 is 12.9 Å². The molecule has 1 fully saturated rings. The Morgan fingerprint density at radius 1 is 1.33 bits per heavy atom. The lowest BCUT2D eigenvalue weighted by Crippen LogP contribution is -2.45. The molecule has 21 heavy (non-hydrogen) atoms. The Hall–Kier alpha value is -1.70. The van der Waals surface area contributed by atoms with Crippen LogP contribution in [0.2, 0.25) is 0 Å². The number of carboxylic acid groups (broad SMARTS) is 1. The van der Waals surface area contributed by atoms with Crippen molar-refractivity contribution in [2.45, 2.75) is 13.3 Å². The van der Waals surface area contributed by atoms with Crippen LogP contribution in [0.25, 0.3) is 0 Å². The summed E-state index contributed by atoms with van der Waals surface area (Å²) in [6, 6.07) is 2.71. The highest BCUT2D eigenvalue weighted by Crippen LogP contribution is 2.23. The van der Waals surface area contributed by atoms with Crippen LogP contribution in [0.15, 0.2) is 12.1 Å². The SMILES string of the molecule is Cc1c(CC(=O)O)cc(N2CCNCC2)cc1[B-](F)(F)F. The van der Waals surface area contributed by atoms with Crippen molar-refractivity contribution in [3.05, 3.63) is 23.3 Å². The lowest BCUT2D eigenvalue weighted by atomic mass is 9.75. The summed E-state index contributed by atoms with van der Waals surface area (Å²) in [5, 5.41) is 12.0. The van der Waals surface area contributed by atoms with E-state index in [1.165, 1.54) is 6.92 Å². The number of anilines is 1. The average molecular weight is 301 g/mol. The fourth-order valence-corrected chi connectivity index (χ4v) is 2.57. The molecule has 1 aromatic rings. The van der Waals surface area contributed by atoms with Crippen LogP contribution in [0, 0.1) is 6.92 Å². The van der Waals surface area contributed by atoms with Gasteiger partial charge in [0.1, 0.15) is 0 Å². The molecule has 0 atom stereocenters. The molecule has 2 N–H and O–H groups in total. The second-order valence-electron chi connectivity index (χ2n) is 5.20. The molecule has 0 radical (unpaired) electrons. The number of nitrogens with zero attached hydrogens (tertiary/aromatic N) is 1. The molecular formula is C13H17BF3N2O2-. The molecule has 0 saturated carbocycles. The predicted molar refractivity (Wildman–Crippen MR) is 76.3 cm³/mol. The van der Waals surface area contributed by atoms with Gasteiger partial charge in [0.2, 0.25) is 0 Å². The van der Waals surface area contributed by atoms with Gasteiger partial charge in [-0.2, -0.15) is 0 Å². The van der Waals surface area contributed by atoms with Crippen molar-refractivity contribution in [2.24, 2.45) is 0 Å². The van der Waals surface area contributed by atoms with Gasteiger partial charge in [0, 0.05) is 31.9 Å². The zero-order valence-corrected chi connectivity index (χ0v) is 11.7. The minimum Gasteiger partial charge on any atom is -0.481 e. The summed E-state index contributed by atoms with van der Waals surface area (Å²) in [6.45, 7) is -1.20. The fourth-order valence-electron chi connectivity index (χ4n) is 2.57. The number of hydrogen-bond acceptors (Lipinski definition) is 3. The molecule has 1 saturated heterocycles. The van der Waals surface area contributed by atoms with Crippen molar-refractivity contribution in [2.75, 3.05) is 31.1 Å². The molecule has 4 nitrogen and oxygen atoms in total. The lowest BCUT2D eigenvalue weighted by molar-refractivity contribution is -0.136. The Bertz CT molecular complexity index is 543. The normalized spacial score (nSPS) is 16.1. The van der Waals surface area contributed by atoms with Gasteiger partial charge < -0.3 is 28.3 Å². The molecule has 1 heterocycles. The Balaban J connectivity index is 2.47. The number of rotatable bonds is 4. The Kier molecular flexibility index (Phi) is 4.46. The highest BCUT2D eigenvalue weighted by molar-refractivity contribution is 6.74. The predicted octanol–water partition coefficient (Wildman–Crippen LogP) is 1.09. The van der Waals surface area contributed by atoms with Gasteiger partial charge in [-0.3, -0.25) is 4.79 Å². The van der Waals surface area contributed by atoms with E-state index in [0.717, 1.165) is 6.07 Å². The number of carbonyl (C=O) groups is 1. The largest absolute Gasteiger partial charge is 0.509 e. The van der Waals surface area contributed by atoms with Crippen LogP contribution in [0.1, 0.15) is 11.1 Å². The minimum absolute atomic E-state index is 0.0174. The zero-order chi connectivity index (χ0) is 15.6. The van der Waals surface area contributed by atoms with E-state index in [1.54, 1.807) is 6.07 Å². The third-order valence-electron chi connectivity index (χ3n) is 3.72. The van der Waals surface area contributed by atoms with E-state index in [4.69, 9.17) is 5.11 Å². The average Bonchev–Trinajstić information content (AvgIpc) is 2.40. The zero-order valence-electron chi connectivity index (χ0n) is 11.7. The molecule has 0 aliphatic carbocycles. The van der Waals surface area contributed by atoms with E-state index in [0.29, 0.717) is 31.9 Å². The molecule has 0 aromatic heterocycles. The summed E-state index contributed by atoms with van der Waals surface area (Å²) in [5.74, 6) is -1.13. The number of aliphatic carboxylic acids is 1. The number of carboxylic acids is 1. The maximum atomic E-state index is 13.2. The van der Waals surface area contributed by atoms with Crippen LogP contribution < -0.4 is 15.7 Å². The van der Waals surface area contributed by atoms with Gasteiger partial charge in [-0.05, 0) is 18.6 Å². The first-order valence-corrected chi connectivity index (χ1v) is 6.80. The summed E-state index contributed by atoms with van der Waals surface area (Å²) in [7, 11) is 0. The van der Waals surface area contributed by atoms with Crippen molar-refractivity contribution in [3.8, 4) is 0 Å². The number of piperazine rings is 1. The highest BCUT2D eigenvalue weighted by atomic mass is 19.4. The fraction of sp³-hybridized carbons (Fsp3) is 0.462. The summed E-state index contributed by atoms with van der Waals surface area (Å²) in [6.07, 6.45) is -0.398. The molecule has 8 heteroatoms. The Morgan fingerprint density at radius 2 is 1.95 bits per heavy atom. The van der Waals surface area contributed by atoms with Crippen LogP contribution in [0.5, 0.6) is 0 Å². The molecule has 1 aromatic carbocycles. The van der Waals surface area contributed by atoms with Gasteiger partial charge in [-0.15, -0.1) is 5.46 Å². The molecule has 1 aliphatic heterocycles. The minimum atomic E-state index is -5.16. The summed E-state index contributed by atoms with van der Waals surface area (Å²) in [4.78, 5) is 12.7.